The van der Waals surface area contributed by atoms with Crippen molar-refractivity contribution in [2.45, 2.75) is 13.0 Å². The van der Waals surface area contributed by atoms with Gasteiger partial charge in [0, 0.05) is 13.1 Å². The number of amides is 1. The second-order valence-electron chi connectivity index (χ2n) is 4.09. The number of carbonyl (C=O) groups is 1. The highest BCUT2D eigenvalue weighted by Gasteiger charge is 2.00. The Bertz CT molecular complexity index is 329. The molecular weight excluding hydrogens is 232 g/mol. The summed E-state index contributed by atoms with van der Waals surface area (Å²) in [5, 5.41) is 2.81. The van der Waals surface area contributed by atoms with Gasteiger partial charge < -0.3 is 10.2 Å². The van der Waals surface area contributed by atoms with E-state index in [1.54, 1.807) is 0 Å². The van der Waals surface area contributed by atoms with Crippen LogP contribution >= 0.6 is 12.6 Å². The molecular formula is C13H20N2OS. The van der Waals surface area contributed by atoms with Crippen LogP contribution in [0.25, 0.3) is 0 Å². The highest BCUT2D eigenvalue weighted by Crippen LogP contribution is 2.02. The van der Waals surface area contributed by atoms with Crippen molar-refractivity contribution in [3.63, 3.8) is 0 Å². The summed E-state index contributed by atoms with van der Waals surface area (Å²) in [7, 11) is 2.09. The van der Waals surface area contributed by atoms with Gasteiger partial charge in [0.1, 0.15) is 0 Å². The molecule has 0 spiro atoms. The lowest BCUT2D eigenvalue weighted by Gasteiger charge is -2.16. The third-order valence-corrected chi connectivity index (χ3v) is 2.76. The van der Waals surface area contributed by atoms with Gasteiger partial charge in [-0.1, -0.05) is 30.3 Å². The smallest absolute Gasteiger partial charge is 0.229 e. The van der Waals surface area contributed by atoms with Gasteiger partial charge in [-0.05, 0) is 25.6 Å². The minimum Gasteiger partial charge on any atom is -0.355 e. The zero-order valence-corrected chi connectivity index (χ0v) is 11.1. The number of carbonyl (C=O) groups excluding carboxylic acids is 1. The van der Waals surface area contributed by atoms with Crippen LogP contribution in [0.5, 0.6) is 0 Å². The van der Waals surface area contributed by atoms with Gasteiger partial charge in [-0.2, -0.15) is 12.6 Å². The molecule has 0 heterocycles. The Labute approximate surface area is 109 Å². The van der Waals surface area contributed by atoms with Gasteiger partial charge in [-0.15, -0.1) is 0 Å². The van der Waals surface area contributed by atoms with E-state index >= 15 is 0 Å². The second-order valence-corrected chi connectivity index (χ2v) is 4.40. The first-order valence-corrected chi connectivity index (χ1v) is 6.45. The van der Waals surface area contributed by atoms with E-state index in [1.807, 2.05) is 6.07 Å². The molecule has 3 nitrogen and oxygen atoms in total. The zero-order chi connectivity index (χ0) is 12.5. The Morgan fingerprint density at radius 3 is 2.71 bits per heavy atom. The molecule has 0 aliphatic heterocycles. The quantitative estimate of drug-likeness (QED) is 0.570. The summed E-state index contributed by atoms with van der Waals surface area (Å²) >= 11 is 3.90. The van der Waals surface area contributed by atoms with Crippen molar-refractivity contribution in [1.29, 1.82) is 0 Å². The van der Waals surface area contributed by atoms with Crippen LogP contribution in [0, 0.1) is 0 Å². The first-order valence-electron chi connectivity index (χ1n) is 5.82. The van der Waals surface area contributed by atoms with Gasteiger partial charge in [-0.25, -0.2) is 0 Å². The molecule has 0 aliphatic rings. The molecule has 17 heavy (non-hydrogen) atoms. The molecule has 1 N–H and O–H groups in total. The molecule has 0 atom stereocenters. The number of hydrogen-bond donors (Lipinski definition) is 2. The third kappa shape index (κ3) is 6.34. The van der Waals surface area contributed by atoms with E-state index in [0.29, 0.717) is 0 Å². The van der Waals surface area contributed by atoms with Gasteiger partial charge in [0.25, 0.3) is 0 Å². The second kappa shape index (κ2) is 8.14. The molecule has 0 saturated carbocycles. The summed E-state index contributed by atoms with van der Waals surface area (Å²) < 4.78 is 0. The maximum absolute atomic E-state index is 10.9. The molecule has 0 unspecified atom stereocenters. The Morgan fingerprint density at radius 2 is 2.06 bits per heavy atom. The van der Waals surface area contributed by atoms with Crippen LogP contribution in [0.3, 0.4) is 0 Å². The number of rotatable bonds is 7. The maximum atomic E-state index is 10.9. The van der Waals surface area contributed by atoms with E-state index in [9.17, 15) is 4.79 Å². The Kier molecular flexibility index (Phi) is 6.74. The summed E-state index contributed by atoms with van der Waals surface area (Å²) in [5.41, 5.74) is 1.31. The molecule has 0 fully saturated rings. The maximum Gasteiger partial charge on any atom is 0.229 e. The van der Waals surface area contributed by atoms with E-state index in [1.165, 1.54) is 5.56 Å². The molecule has 1 aromatic rings. The Balaban J connectivity index is 2.13. The predicted octanol–water partition coefficient (Wildman–Crippen LogP) is 1.55. The van der Waals surface area contributed by atoms with Crippen LogP contribution < -0.4 is 5.32 Å². The standard InChI is InChI=1S/C13H20N2OS/c1-15(9-5-8-14-13(16)11-17)10-12-6-3-2-4-7-12/h2-4,6-7,17H,5,8-11H2,1H3,(H,14,16). The summed E-state index contributed by atoms with van der Waals surface area (Å²) in [5.74, 6) is 0.263. The first kappa shape index (κ1) is 14.1. The van der Waals surface area contributed by atoms with Crippen LogP contribution in [-0.4, -0.2) is 36.7 Å². The summed E-state index contributed by atoms with van der Waals surface area (Å²) in [4.78, 5) is 13.2. The number of hydrogen-bond acceptors (Lipinski definition) is 3. The Morgan fingerprint density at radius 1 is 1.35 bits per heavy atom. The van der Waals surface area contributed by atoms with Crippen LogP contribution in [0.2, 0.25) is 0 Å². The van der Waals surface area contributed by atoms with Crippen LogP contribution in [-0.2, 0) is 11.3 Å². The fraction of sp³-hybridized carbons (Fsp3) is 0.462. The van der Waals surface area contributed by atoms with Crippen LogP contribution in [0.15, 0.2) is 30.3 Å². The van der Waals surface area contributed by atoms with Crippen LogP contribution in [0.4, 0.5) is 0 Å². The fourth-order valence-corrected chi connectivity index (χ4v) is 1.72. The average Bonchev–Trinajstić information content (AvgIpc) is 2.35. The topological polar surface area (TPSA) is 32.3 Å². The highest BCUT2D eigenvalue weighted by molar-refractivity contribution is 7.81. The van der Waals surface area contributed by atoms with Crippen molar-refractivity contribution in [3.8, 4) is 0 Å². The average molecular weight is 252 g/mol. The number of benzene rings is 1. The zero-order valence-electron chi connectivity index (χ0n) is 10.2. The Hall–Kier alpha value is -1.00. The third-order valence-electron chi connectivity index (χ3n) is 2.48. The van der Waals surface area contributed by atoms with Gasteiger partial charge >= 0.3 is 0 Å². The van der Waals surface area contributed by atoms with Gasteiger partial charge in [0.05, 0.1) is 5.75 Å². The molecule has 1 aromatic carbocycles. The SMILES string of the molecule is CN(CCCNC(=O)CS)Cc1ccccc1. The van der Waals surface area contributed by atoms with Gasteiger partial charge in [0.15, 0.2) is 0 Å². The lowest BCUT2D eigenvalue weighted by Crippen LogP contribution is -2.28. The summed E-state index contributed by atoms with van der Waals surface area (Å²) in [6, 6.07) is 10.4. The van der Waals surface area contributed by atoms with E-state index in [2.05, 4.69) is 54.2 Å². The normalized spacial score (nSPS) is 10.5. The first-order chi connectivity index (χ1) is 8.22. The molecule has 0 radical (unpaired) electrons. The van der Waals surface area contributed by atoms with E-state index < -0.39 is 0 Å². The molecule has 0 aliphatic carbocycles. The molecule has 0 bridgehead atoms. The summed E-state index contributed by atoms with van der Waals surface area (Å²) in [6.45, 7) is 2.64. The molecule has 0 saturated heterocycles. The van der Waals surface area contributed by atoms with Gasteiger partial charge in [0.2, 0.25) is 5.91 Å². The minimum absolute atomic E-state index is 0.000884. The lowest BCUT2D eigenvalue weighted by molar-refractivity contribution is -0.118. The predicted molar refractivity (Wildman–Crippen MR) is 74.3 cm³/mol. The molecule has 94 valence electrons. The number of thiol groups is 1. The van der Waals surface area contributed by atoms with Gasteiger partial charge in [-0.3, -0.25) is 4.79 Å². The monoisotopic (exact) mass is 252 g/mol. The lowest BCUT2D eigenvalue weighted by atomic mass is 10.2. The van der Waals surface area contributed by atoms with Crippen molar-refractivity contribution in [2.75, 3.05) is 25.9 Å². The number of nitrogens with one attached hydrogen (secondary N) is 1. The van der Waals surface area contributed by atoms with E-state index in [4.69, 9.17) is 0 Å². The number of nitrogens with zero attached hydrogens (tertiary/aromatic N) is 1. The van der Waals surface area contributed by atoms with Crippen molar-refractivity contribution in [2.24, 2.45) is 0 Å². The largest absolute Gasteiger partial charge is 0.355 e. The van der Waals surface area contributed by atoms with E-state index in [-0.39, 0.29) is 11.7 Å². The molecule has 4 heteroatoms. The van der Waals surface area contributed by atoms with Crippen molar-refractivity contribution < 1.29 is 4.79 Å². The van der Waals surface area contributed by atoms with Crippen molar-refractivity contribution in [3.05, 3.63) is 35.9 Å². The molecule has 0 aromatic heterocycles. The molecule has 1 rings (SSSR count). The van der Waals surface area contributed by atoms with Crippen LogP contribution in [0.1, 0.15) is 12.0 Å². The molecule has 1 amide bonds. The fourth-order valence-electron chi connectivity index (χ4n) is 1.61. The summed E-state index contributed by atoms with van der Waals surface area (Å²) in [6.07, 6.45) is 0.961. The van der Waals surface area contributed by atoms with Crippen molar-refractivity contribution in [1.82, 2.24) is 10.2 Å². The van der Waals surface area contributed by atoms with E-state index in [0.717, 1.165) is 26.1 Å². The van der Waals surface area contributed by atoms with Crippen molar-refractivity contribution >= 4 is 18.5 Å². The highest BCUT2D eigenvalue weighted by atomic mass is 32.1. The minimum atomic E-state index is -0.000884.